The molecule has 3 heteroatoms. The Morgan fingerprint density at radius 1 is 1.46 bits per heavy atom. The summed E-state index contributed by atoms with van der Waals surface area (Å²) in [5.74, 6) is 1.07. The van der Waals surface area contributed by atoms with E-state index in [-0.39, 0.29) is 0 Å². The van der Waals surface area contributed by atoms with Crippen molar-refractivity contribution in [1.29, 1.82) is 0 Å². The van der Waals surface area contributed by atoms with Crippen molar-refractivity contribution in [2.75, 3.05) is 6.61 Å². The lowest BCUT2D eigenvalue weighted by atomic mass is 10.2. The molecule has 0 aliphatic heterocycles. The molecule has 0 unspecified atom stereocenters. The molecular formula is C10H11Cl2O. The normalized spacial score (nSPS) is 10.5. The van der Waals surface area contributed by atoms with Crippen LogP contribution in [0.2, 0.25) is 10.0 Å². The maximum absolute atomic E-state index is 5.84. The molecule has 0 aliphatic rings. The Labute approximate surface area is 88.6 Å². The van der Waals surface area contributed by atoms with Gasteiger partial charge in [-0.1, -0.05) is 37.0 Å². The summed E-state index contributed by atoms with van der Waals surface area (Å²) in [6.45, 7) is 4.78. The second-order valence-corrected chi connectivity index (χ2v) is 4.02. The number of hydrogen-bond acceptors (Lipinski definition) is 1. The van der Waals surface area contributed by atoms with Gasteiger partial charge in [0.25, 0.3) is 0 Å². The molecule has 0 saturated heterocycles. The second-order valence-electron chi connectivity index (χ2n) is 3.20. The minimum absolute atomic E-state index is 0.468. The molecule has 0 saturated carbocycles. The van der Waals surface area contributed by atoms with Crippen molar-refractivity contribution >= 4 is 23.2 Å². The maximum atomic E-state index is 5.84. The maximum Gasteiger partial charge on any atom is 0.140 e. The van der Waals surface area contributed by atoms with E-state index in [4.69, 9.17) is 27.9 Å². The molecule has 0 aromatic heterocycles. The molecule has 0 amide bonds. The summed E-state index contributed by atoms with van der Waals surface area (Å²) in [4.78, 5) is 0. The van der Waals surface area contributed by atoms with E-state index in [0.717, 1.165) is 0 Å². The van der Waals surface area contributed by atoms with Crippen LogP contribution in [-0.4, -0.2) is 6.61 Å². The van der Waals surface area contributed by atoms with Gasteiger partial charge in [-0.15, -0.1) is 0 Å². The summed E-state index contributed by atoms with van der Waals surface area (Å²) in [6.07, 6.45) is 0. The number of hydrogen-bond donors (Lipinski definition) is 0. The van der Waals surface area contributed by atoms with Gasteiger partial charge in [-0.25, -0.2) is 0 Å². The highest BCUT2D eigenvalue weighted by Gasteiger charge is 2.03. The largest absolute Gasteiger partial charge is 0.492 e. The second kappa shape index (κ2) is 4.73. The smallest absolute Gasteiger partial charge is 0.140 e. The fraction of sp³-hybridized carbons (Fsp3) is 0.400. The van der Waals surface area contributed by atoms with Crippen LogP contribution in [-0.2, 0) is 0 Å². The molecule has 1 radical (unpaired) electrons. The van der Waals surface area contributed by atoms with Crippen LogP contribution in [0, 0.1) is 12.0 Å². The standard InChI is InChI=1S/C10H11Cl2O/c1-7(2)6-13-10-5-8(11)3-4-9(10)12/h3,5,7H,6H2,1-2H3. The van der Waals surface area contributed by atoms with Crippen molar-refractivity contribution in [2.24, 2.45) is 5.92 Å². The van der Waals surface area contributed by atoms with Crippen LogP contribution in [0.4, 0.5) is 0 Å². The minimum Gasteiger partial charge on any atom is -0.492 e. The predicted molar refractivity (Wildman–Crippen MR) is 55.6 cm³/mol. The Hall–Kier alpha value is -0.400. The van der Waals surface area contributed by atoms with Crippen molar-refractivity contribution in [3.8, 4) is 5.75 Å². The lowest BCUT2D eigenvalue weighted by molar-refractivity contribution is 0.271. The van der Waals surface area contributed by atoms with Gasteiger partial charge in [-0.3, -0.25) is 0 Å². The van der Waals surface area contributed by atoms with Gasteiger partial charge in [-0.05, 0) is 12.0 Å². The summed E-state index contributed by atoms with van der Waals surface area (Å²) in [7, 11) is 0. The van der Waals surface area contributed by atoms with Crippen molar-refractivity contribution in [1.82, 2.24) is 0 Å². The van der Waals surface area contributed by atoms with E-state index in [2.05, 4.69) is 19.9 Å². The molecule has 1 rings (SSSR count). The van der Waals surface area contributed by atoms with Crippen molar-refractivity contribution in [3.05, 3.63) is 28.2 Å². The van der Waals surface area contributed by atoms with Gasteiger partial charge < -0.3 is 4.74 Å². The molecule has 0 N–H and O–H groups in total. The van der Waals surface area contributed by atoms with E-state index in [0.29, 0.717) is 28.3 Å². The Morgan fingerprint density at radius 3 is 2.77 bits per heavy atom. The van der Waals surface area contributed by atoms with Gasteiger partial charge in [0.15, 0.2) is 0 Å². The molecule has 13 heavy (non-hydrogen) atoms. The third-order valence-corrected chi connectivity index (χ3v) is 1.91. The summed E-state index contributed by atoms with van der Waals surface area (Å²) >= 11 is 11.6. The molecule has 71 valence electrons. The first-order valence-corrected chi connectivity index (χ1v) is 4.84. The fourth-order valence-electron chi connectivity index (χ4n) is 0.795. The minimum atomic E-state index is 0.468. The van der Waals surface area contributed by atoms with E-state index in [1.54, 1.807) is 12.1 Å². The van der Waals surface area contributed by atoms with Crippen LogP contribution in [0.1, 0.15) is 13.8 Å². The van der Waals surface area contributed by atoms with Gasteiger partial charge in [0.1, 0.15) is 5.75 Å². The lowest BCUT2D eigenvalue weighted by Crippen LogP contribution is -2.04. The van der Waals surface area contributed by atoms with Crippen LogP contribution in [0.25, 0.3) is 0 Å². The number of benzene rings is 1. The highest BCUT2D eigenvalue weighted by atomic mass is 35.5. The first-order valence-electron chi connectivity index (χ1n) is 4.09. The van der Waals surface area contributed by atoms with Crippen LogP contribution < -0.4 is 4.74 Å². The van der Waals surface area contributed by atoms with Gasteiger partial charge in [0, 0.05) is 17.2 Å². The third-order valence-electron chi connectivity index (χ3n) is 1.39. The molecule has 1 aromatic rings. The van der Waals surface area contributed by atoms with E-state index in [9.17, 15) is 0 Å². The zero-order chi connectivity index (χ0) is 9.84. The molecule has 0 atom stereocenters. The molecular weight excluding hydrogens is 207 g/mol. The quantitative estimate of drug-likeness (QED) is 0.749. The molecule has 0 spiro atoms. The molecule has 0 heterocycles. The first kappa shape index (κ1) is 10.7. The predicted octanol–water partition coefficient (Wildman–Crippen LogP) is 3.83. The zero-order valence-corrected chi connectivity index (χ0v) is 9.12. The average molecular weight is 218 g/mol. The molecule has 1 nitrogen and oxygen atoms in total. The van der Waals surface area contributed by atoms with E-state index >= 15 is 0 Å². The molecule has 1 aromatic carbocycles. The highest BCUT2D eigenvalue weighted by Crippen LogP contribution is 2.27. The van der Waals surface area contributed by atoms with Gasteiger partial charge >= 0.3 is 0 Å². The Morgan fingerprint density at radius 2 is 2.15 bits per heavy atom. The third kappa shape index (κ3) is 3.45. The van der Waals surface area contributed by atoms with E-state index in [1.165, 1.54) is 0 Å². The summed E-state index contributed by atoms with van der Waals surface area (Å²) in [5, 5.41) is 1.06. The van der Waals surface area contributed by atoms with Crippen molar-refractivity contribution in [3.63, 3.8) is 0 Å². The zero-order valence-electron chi connectivity index (χ0n) is 7.60. The number of ether oxygens (including phenoxy) is 1. The Kier molecular flexibility index (Phi) is 3.89. The van der Waals surface area contributed by atoms with Gasteiger partial charge in [0.2, 0.25) is 0 Å². The number of rotatable bonds is 3. The van der Waals surface area contributed by atoms with Gasteiger partial charge in [0.05, 0.1) is 11.6 Å². The SMILES string of the molecule is CC(C)COc1cc(Cl)c[c]c1Cl. The number of halogens is 2. The Balaban J connectivity index is 2.70. The topological polar surface area (TPSA) is 9.23 Å². The molecule has 0 bridgehead atoms. The highest BCUT2D eigenvalue weighted by molar-refractivity contribution is 6.34. The average Bonchev–Trinajstić information content (AvgIpc) is 2.06. The summed E-state index contributed by atoms with van der Waals surface area (Å²) in [5.41, 5.74) is 0. The molecule has 0 aliphatic carbocycles. The summed E-state index contributed by atoms with van der Waals surface area (Å²) in [6, 6.07) is 6.11. The van der Waals surface area contributed by atoms with Gasteiger partial charge in [-0.2, -0.15) is 0 Å². The molecule has 0 fully saturated rings. The first-order chi connectivity index (χ1) is 6.09. The van der Waals surface area contributed by atoms with Crippen LogP contribution in [0.15, 0.2) is 12.1 Å². The summed E-state index contributed by atoms with van der Waals surface area (Å²) < 4.78 is 5.43. The van der Waals surface area contributed by atoms with E-state index < -0.39 is 0 Å². The van der Waals surface area contributed by atoms with Crippen LogP contribution >= 0.6 is 23.2 Å². The van der Waals surface area contributed by atoms with Crippen LogP contribution in [0.3, 0.4) is 0 Å². The fourth-order valence-corrected chi connectivity index (χ4v) is 1.11. The lowest BCUT2D eigenvalue weighted by Gasteiger charge is -2.09. The van der Waals surface area contributed by atoms with Crippen LogP contribution in [0.5, 0.6) is 5.75 Å². The monoisotopic (exact) mass is 217 g/mol. The Bertz CT molecular complexity index is 284. The van der Waals surface area contributed by atoms with Crippen molar-refractivity contribution < 1.29 is 4.74 Å². The van der Waals surface area contributed by atoms with E-state index in [1.807, 2.05) is 0 Å². The van der Waals surface area contributed by atoms with Crippen molar-refractivity contribution in [2.45, 2.75) is 13.8 Å².